The number of unbranched alkanes of at least 4 members (excludes halogenated alkanes) is 4. The van der Waals surface area contributed by atoms with Gasteiger partial charge in [-0.15, -0.1) is 0 Å². The zero-order valence-corrected chi connectivity index (χ0v) is 22.1. The molecule has 27 heavy (non-hydrogen) atoms. The van der Waals surface area contributed by atoms with E-state index < -0.39 is 24.9 Å². The van der Waals surface area contributed by atoms with E-state index in [2.05, 4.69) is 55.8 Å². The summed E-state index contributed by atoms with van der Waals surface area (Å²) in [6.07, 6.45) is 13.4. The first-order chi connectivity index (χ1) is 12.9. The zero-order valence-electron chi connectivity index (χ0n) is 18.8. The molecule has 0 saturated heterocycles. The van der Waals surface area contributed by atoms with Crippen molar-refractivity contribution in [3.63, 3.8) is 0 Å². The molecule has 0 aromatic carbocycles. The van der Waals surface area contributed by atoms with Crippen LogP contribution in [0.2, 0.25) is 21.5 Å². The molecule has 0 spiro atoms. The topological polar surface area (TPSA) is 27.7 Å². The van der Waals surface area contributed by atoms with Gasteiger partial charge in [-0.3, -0.25) is 0 Å². The van der Waals surface area contributed by atoms with Crippen LogP contribution in [0.5, 0.6) is 0 Å². The van der Waals surface area contributed by atoms with Crippen LogP contribution < -0.4 is 0 Å². The molecule has 0 aliphatic heterocycles. The van der Waals surface area contributed by atoms with Crippen LogP contribution in [0.15, 0.2) is 21.7 Å². The molecule has 0 aromatic rings. The minimum atomic E-state index is -2.76. The molecule has 0 amide bonds. The predicted octanol–water partition coefficient (Wildman–Crippen LogP) is 7.28. The van der Waals surface area contributed by atoms with E-state index >= 15 is 0 Å². The second-order valence-electron chi connectivity index (χ2n) is 7.51. The first kappa shape index (κ1) is 25.3. The Kier molecular flexibility index (Phi) is 11.9. The molecule has 164 valence electrons. The van der Waals surface area contributed by atoms with Crippen molar-refractivity contribution in [1.29, 1.82) is 0 Å². The predicted molar refractivity (Wildman–Crippen MR) is 116 cm³/mol. The average Bonchev–Trinajstić information content (AvgIpc) is 3.08. The van der Waals surface area contributed by atoms with Gasteiger partial charge in [0, 0.05) is 0 Å². The fraction of sp³-hybridized carbons (Fsp3) is 0.818. The van der Waals surface area contributed by atoms with Crippen LogP contribution in [-0.4, -0.2) is 28.6 Å². The van der Waals surface area contributed by atoms with Crippen molar-refractivity contribution < 1.29 is 29.3 Å². The van der Waals surface area contributed by atoms with E-state index in [1.165, 1.54) is 37.7 Å². The Labute approximate surface area is 173 Å². The fourth-order valence-electron chi connectivity index (χ4n) is 3.75. The van der Waals surface area contributed by atoms with Crippen molar-refractivity contribution >= 4 is 8.80 Å². The van der Waals surface area contributed by atoms with Crippen molar-refractivity contribution in [2.24, 2.45) is 0 Å². The number of hydrogen-bond acceptors (Lipinski definition) is 3. The molecule has 0 heterocycles. The third kappa shape index (κ3) is 7.55. The summed E-state index contributed by atoms with van der Waals surface area (Å²) in [7, 11) is -2.76. The molecule has 1 aliphatic carbocycles. The van der Waals surface area contributed by atoms with Crippen LogP contribution in [0, 0.1) is 0 Å². The number of rotatable bonds is 15. The Morgan fingerprint density at radius 1 is 0.889 bits per heavy atom. The van der Waals surface area contributed by atoms with Gasteiger partial charge in [-0.1, -0.05) is 0 Å². The SMILES string of the molecule is CCCCCCCC(C1=[C]([Pt]([CH3])([CH3])[CH3])CC=C1)[Si](OCC)(OCC)OCC. The second-order valence-corrected chi connectivity index (χ2v) is 21.9. The van der Waals surface area contributed by atoms with E-state index in [4.69, 9.17) is 13.3 Å². The standard InChI is InChI=1S/C19H35O3Si.3CH3.Pt/c1-5-9-10-11-12-17-19(18-15-13-14-16-18)23(20-6-2,21-7-3)22-8-4;;;;/h13,15,19H,5-12,14,17H2,1-4H3;3*1H3;. The number of hydrogen-bond donors (Lipinski definition) is 0. The number of allylic oxidation sites excluding steroid dienone is 4. The molecule has 0 bridgehead atoms. The average molecular weight is 580 g/mol. The van der Waals surface area contributed by atoms with Crippen molar-refractivity contribution in [1.82, 2.24) is 0 Å². The van der Waals surface area contributed by atoms with Gasteiger partial charge in [-0.05, 0) is 0 Å². The Morgan fingerprint density at radius 2 is 1.44 bits per heavy atom. The van der Waals surface area contributed by atoms with Crippen molar-refractivity contribution in [3.05, 3.63) is 21.7 Å². The summed E-state index contributed by atoms with van der Waals surface area (Å²) in [6, 6.07) is 0. The summed E-state index contributed by atoms with van der Waals surface area (Å²) < 4.78 is 20.8. The molecule has 0 saturated carbocycles. The van der Waals surface area contributed by atoms with Crippen LogP contribution in [0.25, 0.3) is 0 Å². The Bertz CT molecular complexity index is 465. The van der Waals surface area contributed by atoms with Gasteiger partial charge in [-0.2, -0.15) is 0 Å². The first-order valence-electron chi connectivity index (χ1n) is 10.5. The van der Waals surface area contributed by atoms with Crippen molar-refractivity contribution in [2.45, 2.75) is 94.1 Å². The van der Waals surface area contributed by atoms with E-state index in [0.29, 0.717) is 19.8 Å². The Morgan fingerprint density at radius 3 is 1.93 bits per heavy atom. The van der Waals surface area contributed by atoms with Crippen LogP contribution in [-0.2, 0) is 29.3 Å². The molecular formula is C22H44O3PtSi. The van der Waals surface area contributed by atoms with Crippen LogP contribution in [0.3, 0.4) is 0 Å². The van der Waals surface area contributed by atoms with E-state index in [1.807, 2.05) is 0 Å². The van der Waals surface area contributed by atoms with Gasteiger partial charge < -0.3 is 0 Å². The van der Waals surface area contributed by atoms with Gasteiger partial charge in [0.25, 0.3) is 0 Å². The van der Waals surface area contributed by atoms with Gasteiger partial charge in [0.1, 0.15) is 0 Å². The van der Waals surface area contributed by atoms with Crippen molar-refractivity contribution in [2.75, 3.05) is 19.8 Å². The van der Waals surface area contributed by atoms with Gasteiger partial charge >= 0.3 is 174 Å². The van der Waals surface area contributed by atoms with Crippen LogP contribution in [0.4, 0.5) is 0 Å². The maximum absolute atomic E-state index is 6.37. The molecule has 0 aromatic heterocycles. The van der Waals surface area contributed by atoms with Gasteiger partial charge in [0.15, 0.2) is 0 Å². The fourth-order valence-corrected chi connectivity index (χ4v) is 11.5. The molecule has 3 nitrogen and oxygen atoms in total. The van der Waals surface area contributed by atoms with Gasteiger partial charge in [0.05, 0.1) is 0 Å². The van der Waals surface area contributed by atoms with Crippen LogP contribution in [0.1, 0.15) is 72.6 Å². The maximum atomic E-state index is 6.37. The minimum absolute atomic E-state index is 0.288. The quantitative estimate of drug-likeness (QED) is 0.151. The first-order valence-corrected chi connectivity index (χ1v) is 20.3. The molecule has 0 fully saturated rings. The zero-order chi connectivity index (χ0) is 20.3. The summed E-state index contributed by atoms with van der Waals surface area (Å²) in [5, 5.41) is 7.50. The van der Waals surface area contributed by atoms with Gasteiger partial charge in [-0.25, -0.2) is 0 Å². The third-order valence-electron chi connectivity index (χ3n) is 4.88. The molecule has 1 atom stereocenters. The summed E-state index contributed by atoms with van der Waals surface area (Å²) in [4.78, 5) is 0. The van der Waals surface area contributed by atoms with E-state index in [9.17, 15) is 0 Å². The van der Waals surface area contributed by atoms with Gasteiger partial charge in [0.2, 0.25) is 0 Å². The molecular weight excluding hydrogens is 535 g/mol. The summed E-state index contributed by atoms with van der Waals surface area (Å²) in [6.45, 7) is 10.4. The van der Waals surface area contributed by atoms with E-state index in [1.54, 1.807) is 3.96 Å². The molecule has 5 heteroatoms. The molecule has 0 radical (unpaired) electrons. The second kappa shape index (κ2) is 12.7. The van der Waals surface area contributed by atoms with E-state index in [0.717, 1.165) is 12.8 Å². The molecule has 1 rings (SSSR count). The molecule has 1 unspecified atom stereocenters. The van der Waals surface area contributed by atoms with Crippen LogP contribution >= 0.6 is 0 Å². The summed E-state index contributed by atoms with van der Waals surface area (Å²) in [5.74, 6) is 0. The Balaban J connectivity index is 3.23. The third-order valence-corrected chi connectivity index (χ3v) is 13.6. The normalized spacial score (nSPS) is 17.0. The van der Waals surface area contributed by atoms with Crippen molar-refractivity contribution in [3.8, 4) is 0 Å². The molecule has 0 N–H and O–H groups in total. The Hall–Kier alpha value is 0.265. The monoisotopic (exact) mass is 579 g/mol. The summed E-state index contributed by atoms with van der Waals surface area (Å²) in [5.41, 5.74) is 1.80. The molecule has 1 aliphatic rings. The summed E-state index contributed by atoms with van der Waals surface area (Å²) >= 11 is -1.85. The van der Waals surface area contributed by atoms with E-state index in [-0.39, 0.29) is 5.54 Å².